The third kappa shape index (κ3) is 2.39. The molecule has 0 fully saturated rings. The predicted molar refractivity (Wildman–Crippen MR) is 66.1 cm³/mol. The Morgan fingerprint density at radius 3 is 2.88 bits per heavy atom. The molecule has 1 aliphatic carbocycles. The minimum Gasteiger partial charge on any atom is -0.481 e. The monoisotopic (exact) mass is 232 g/mol. The molecule has 1 aromatic carbocycles. The lowest BCUT2D eigenvalue weighted by Crippen LogP contribution is -2.32. The molecule has 3 nitrogen and oxygen atoms in total. The van der Waals surface area contributed by atoms with Crippen LogP contribution in [0.2, 0.25) is 0 Å². The van der Waals surface area contributed by atoms with Crippen molar-refractivity contribution in [2.45, 2.75) is 25.4 Å². The lowest BCUT2D eigenvalue weighted by atomic mass is 9.97. The van der Waals surface area contributed by atoms with Crippen molar-refractivity contribution < 1.29 is 14.6 Å². The van der Waals surface area contributed by atoms with Gasteiger partial charge < -0.3 is 9.84 Å². The maximum atomic E-state index is 10.9. The highest BCUT2D eigenvalue weighted by atomic mass is 16.5. The van der Waals surface area contributed by atoms with Gasteiger partial charge in [0.2, 0.25) is 0 Å². The Labute approximate surface area is 100 Å². The van der Waals surface area contributed by atoms with Crippen LogP contribution < -0.4 is 10.4 Å². The Bertz CT molecular complexity index is 545. The number of benzene rings is 1. The zero-order valence-corrected chi connectivity index (χ0v) is 10.0. The molecule has 0 aliphatic heterocycles. The molecule has 90 valence electrons. The van der Waals surface area contributed by atoms with E-state index in [1.807, 2.05) is 18.2 Å². The lowest BCUT2D eigenvalue weighted by Gasteiger charge is -2.13. The van der Waals surface area contributed by atoms with Gasteiger partial charge in [0.25, 0.3) is 0 Å². The third-order valence-electron chi connectivity index (χ3n) is 3.22. The molecule has 0 aromatic heterocycles. The van der Waals surface area contributed by atoms with E-state index in [1.165, 1.54) is 0 Å². The van der Waals surface area contributed by atoms with Crippen LogP contribution in [0, 0.1) is 0 Å². The molecule has 0 saturated carbocycles. The van der Waals surface area contributed by atoms with E-state index in [0.717, 1.165) is 22.4 Å². The van der Waals surface area contributed by atoms with Gasteiger partial charge in [-0.05, 0) is 35.4 Å². The number of fused-ring (bicyclic) bond motifs is 1. The number of rotatable bonds is 3. The molecular formula is C14H16O3. The van der Waals surface area contributed by atoms with Crippen molar-refractivity contribution in [3.8, 4) is 0 Å². The molecule has 1 aromatic rings. The van der Waals surface area contributed by atoms with E-state index in [9.17, 15) is 4.79 Å². The zero-order valence-electron chi connectivity index (χ0n) is 10.0. The maximum Gasteiger partial charge on any atom is 0.310 e. The molecule has 0 amide bonds. The average Bonchev–Trinajstić information content (AvgIpc) is 2.36. The Kier molecular flexibility index (Phi) is 3.29. The van der Waals surface area contributed by atoms with Crippen LogP contribution in [-0.2, 0) is 9.53 Å². The fraction of sp³-hybridized carbons (Fsp3) is 0.357. The Hall–Kier alpha value is -1.61. The quantitative estimate of drug-likeness (QED) is 0.840. The third-order valence-corrected chi connectivity index (χ3v) is 3.22. The van der Waals surface area contributed by atoms with Crippen LogP contribution in [0.3, 0.4) is 0 Å². The largest absolute Gasteiger partial charge is 0.481 e. The Morgan fingerprint density at radius 1 is 1.47 bits per heavy atom. The van der Waals surface area contributed by atoms with E-state index in [1.54, 1.807) is 14.0 Å². The van der Waals surface area contributed by atoms with Gasteiger partial charge in [-0.1, -0.05) is 24.3 Å². The van der Waals surface area contributed by atoms with Gasteiger partial charge in [0.05, 0.1) is 12.0 Å². The topological polar surface area (TPSA) is 46.5 Å². The molecule has 2 atom stereocenters. The summed E-state index contributed by atoms with van der Waals surface area (Å²) in [6.07, 6.45) is 5.14. The molecule has 0 bridgehead atoms. The lowest BCUT2D eigenvalue weighted by molar-refractivity contribution is -0.138. The predicted octanol–water partition coefficient (Wildman–Crippen LogP) is 0.854. The molecule has 3 heteroatoms. The number of hydrogen-bond donors (Lipinski definition) is 1. The Balaban J connectivity index is 2.44. The van der Waals surface area contributed by atoms with Crippen LogP contribution >= 0.6 is 0 Å². The van der Waals surface area contributed by atoms with Crippen molar-refractivity contribution in [2.75, 3.05) is 7.11 Å². The van der Waals surface area contributed by atoms with Gasteiger partial charge >= 0.3 is 5.97 Å². The number of methoxy groups -OCH3 is 1. The van der Waals surface area contributed by atoms with Gasteiger partial charge in [0.1, 0.15) is 0 Å². The van der Waals surface area contributed by atoms with E-state index in [-0.39, 0.29) is 6.10 Å². The highest BCUT2D eigenvalue weighted by Crippen LogP contribution is 2.12. The fourth-order valence-corrected chi connectivity index (χ4v) is 2.01. The van der Waals surface area contributed by atoms with Crippen LogP contribution in [0.5, 0.6) is 0 Å². The van der Waals surface area contributed by atoms with Gasteiger partial charge in [-0.3, -0.25) is 4.79 Å². The summed E-state index contributed by atoms with van der Waals surface area (Å²) in [6, 6.07) is 5.79. The number of hydrogen-bond acceptors (Lipinski definition) is 2. The summed E-state index contributed by atoms with van der Waals surface area (Å²) >= 11 is 0. The molecule has 1 N–H and O–H groups in total. The van der Waals surface area contributed by atoms with Crippen molar-refractivity contribution in [3.63, 3.8) is 0 Å². The molecule has 0 radical (unpaired) electrons. The minimum absolute atomic E-state index is 0.130. The second kappa shape index (κ2) is 4.72. The summed E-state index contributed by atoms with van der Waals surface area (Å²) in [5.74, 6) is -1.26. The number of carbonyl (C=O) groups is 1. The molecule has 0 heterocycles. The SMILES string of the molecule is COC1C=c2ccc(C(C)C(=O)O)cc2=CC1. The van der Waals surface area contributed by atoms with Gasteiger partial charge in [-0.25, -0.2) is 0 Å². The first-order valence-corrected chi connectivity index (χ1v) is 5.69. The number of ether oxygens (including phenoxy) is 1. The van der Waals surface area contributed by atoms with Crippen LogP contribution in [0.15, 0.2) is 18.2 Å². The zero-order chi connectivity index (χ0) is 12.4. The molecule has 2 unspecified atom stereocenters. The summed E-state index contributed by atoms with van der Waals surface area (Å²) in [4.78, 5) is 10.9. The summed E-state index contributed by atoms with van der Waals surface area (Å²) < 4.78 is 5.28. The number of carboxylic acids is 1. The minimum atomic E-state index is -0.792. The average molecular weight is 232 g/mol. The highest BCUT2D eigenvalue weighted by Gasteiger charge is 2.14. The van der Waals surface area contributed by atoms with Crippen molar-refractivity contribution in [1.29, 1.82) is 0 Å². The number of aliphatic carboxylic acids is 1. The molecule has 0 saturated heterocycles. The fourth-order valence-electron chi connectivity index (χ4n) is 2.01. The van der Waals surface area contributed by atoms with E-state index in [4.69, 9.17) is 9.84 Å². The highest BCUT2D eigenvalue weighted by molar-refractivity contribution is 5.75. The van der Waals surface area contributed by atoms with Crippen LogP contribution in [0.4, 0.5) is 0 Å². The van der Waals surface area contributed by atoms with Crippen molar-refractivity contribution in [2.24, 2.45) is 0 Å². The molecule has 1 aliphatic rings. The first-order chi connectivity index (χ1) is 8.11. The molecule has 2 rings (SSSR count). The van der Waals surface area contributed by atoms with Crippen molar-refractivity contribution >= 4 is 18.1 Å². The summed E-state index contributed by atoms with van der Waals surface area (Å²) in [7, 11) is 1.70. The molecule has 17 heavy (non-hydrogen) atoms. The van der Waals surface area contributed by atoms with Crippen molar-refractivity contribution in [1.82, 2.24) is 0 Å². The standard InChI is InChI=1S/C14H16O3/c1-9(14(15)16)10-3-4-12-8-13(17-2)6-5-11(12)7-10/h3-5,7-9,13H,6H2,1-2H3,(H,15,16). The summed E-state index contributed by atoms with van der Waals surface area (Å²) in [5.41, 5.74) is 0.844. The normalized spacial score (nSPS) is 19.8. The van der Waals surface area contributed by atoms with E-state index in [2.05, 4.69) is 12.2 Å². The second-order valence-corrected chi connectivity index (χ2v) is 4.33. The van der Waals surface area contributed by atoms with E-state index in [0.29, 0.717) is 0 Å². The Morgan fingerprint density at radius 2 is 2.24 bits per heavy atom. The molecule has 0 spiro atoms. The van der Waals surface area contributed by atoms with Gasteiger partial charge in [-0.2, -0.15) is 0 Å². The smallest absolute Gasteiger partial charge is 0.310 e. The van der Waals surface area contributed by atoms with Gasteiger partial charge in [0, 0.05) is 7.11 Å². The van der Waals surface area contributed by atoms with Crippen molar-refractivity contribution in [3.05, 3.63) is 34.2 Å². The van der Waals surface area contributed by atoms with Crippen LogP contribution in [0.25, 0.3) is 12.2 Å². The van der Waals surface area contributed by atoms with Gasteiger partial charge in [0.15, 0.2) is 0 Å². The van der Waals surface area contributed by atoms with E-state index < -0.39 is 11.9 Å². The first kappa shape index (κ1) is 11.9. The first-order valence-electron chi connectivity index (χ1n) is 5.69. The summed E-state index contributed by atoms with van der Waals surface area (Å²) in [6.45, 7) is 1.70. The number of carboxylic acid groups (broad SMARTS) is 1. The maximum absolute atomic E-state index is 10.9. The van der Waals surface area contributed by atoms with Crippen LogP contribution in [0.1, 0.15) is 24.8 Å². The summed E-state index contributed by atoms with van der Waals surface area (Å²) in [5, 5.41) is 11.2. The molecular weight excluding hydrogens is 216 g/mol. The van der Waals surface area contributed by atoms with Gasteiger partial charge in [-0.15, -0.1) is 0 Å². The van der Waals surface area contributed by atoms with Crippen LogP contribution in [-0.4, -0.2) is 24.3 Å². The second-order valence-electron chi connectivity index (χ2n) is 4.33. The van der Waals surface area contributed by atoms with E-state index >= 15 is 0 Å².